The zero-order chi connectivity index (χ0) is 12.5. The third kappa shape index (κ3) is 2.63. The van der Waals surface area contributed by atoms with Crippen LogP contribution >= 0.6 is 0 Å². The highest BCUT2D eigenvalue weighted by Gasteiger charge is 2.42. The number of carbonyl (C=O) groups excluding carboxylic acids is 1. The molecule has 0 aromatic carbocycles. The Morgan fingerprint density at radius 2 is 2.12 bits per heavy atom. The lowest BCUT2D eigenvalue weighted by atomic mass is 9.84. The van der Waals surface area contributed by atoms with Crippen molar-refractivity contribution in [3.8, 4) is 0 Å². The molecule has 2 saturated carbocycles. The first kappa shape index (κ1) is 12.8. The minimum atomic E-state index is -0.752. The second-order valence-corrected chi connectivity index (χ2v) is 5.80. The number of carbonyl (C=O) groups is 1. The van der Waals surface area contributed by atoms with E-state index in [0.29, 0.717) is 6.04 Å². The molecule has 4 heteroatoms. The standard InChI is InChI=1S/C13H25N3O/c1-2-16(9-10-4-3-5-10)11-6-7-13(15,8-11)12(14)17/h10-11H,2-9,15H2,1H3,(H2,14,17). The van der Waals surface area contributed by atoms with Crippen LogP contribution in [0.5, 0.6) is 0 Å². The Labute approximate surface area is 104 Å². The van der Waals surface area contributed by atoms with E-state index >= 15 is 0 Å². The topological polar surface area (TPSA) is 72.3 Å². The van der Waals surface area contributed by atoms with Crippen LogP contribution in [0.2, 0.25) is 0 Å². The normalized spacial score (nSPS) is 33.9. The van der Waals surface area contributed by atoms with Gasteiger partial charge in [-0.2, -0.15) is 0 Å². The molecule has 2 aliphatic rings. The lowest BCUT2D eigenvalue weighted by Crippen LogP contribution is -2.51. The van der Waals surface area contributed by atoms with Crippen LogP contribution in [-0.2, 0) is 4.79 Å². The van der Waals surface area contributed by atoms with Gasteiger partial charge in [0.25, 0.3) is 0 Å². The SMILES string of the molecule is CCN(CC1CCC1)C1CCC(N)(C(N)=O)C1. The summed E-state index contributed by atoms with van der Waals surface area (Å²) in [7, 11) is 0. The van der Waals surface area contributed by atoms with Gasteiger partial charge in [0, 0.05) is 12.6 Å². The second kappa shape index (κ2) is 4.94. The summed E-state index contributed by atoms with van der Waals surface area (Å²) in [4.78, 5) is 13.8. The first-order valence-corrected chi connectivity index (χ1v) is 6.88. The van der Waals surface area contributed by atoms with Crippen molar-refractivity contribution < 1.29 is 4.79 Å². The summed E-state index contributed by atoms with van der Waals surface area (Å²) in [6.45, 7) is 4.42. The summed E-state index contributed by atoms with van der Waals surface area (Å²) in [6.07, 6.45) is 6.62. The molecule has 2 fully saturated rings. The smallest absolute Gasteiger partial charge is 0.237 e. The fourth-order valence-electron chi connectivity index (χ4n) is 3.13. The number of hydrogen-bond donors (Lipinski definition) is 2. The summed E-state index contributed by atoms with van der Waals surface area (Å²) in [5, 5.41) is 0. The zero-order valence-electron chi connectivity index (χ0n) is 10.8. The molecule has 2 unspecified atom stereocenters. The third-order valence-electron chi connectivity index (χ3n) is 4.65. The molecule has 0 aromatic rings. The van der Waals surface area contributed by atoms with Gasteiger partial charge in [-0.15, -0.1) is 0 Å². The van der Waals surface area contributed by atoms with Crippen LogP contribution in [0.25, 0.3) is 0 Å². The molecule has 0 aromatic heterocycles. The van der Waals surface area contributed by atoms with Crippen molar-refractivity contribution in [1.82, 2.24) is 4.90 Å². The fraction of sp³-hybridized carbons (Fsp3) is 0.923. The Hall–Kier alpha value is -0.610. The highest BCUT2D eigenvalue weighted by atomic mass is 16.1. The summed E-state index contributed by atoms with van der Waals surface area (Å²) < 4.78 is 0. The second-order valence-electron chi connectivity index (χ2n) is 5.80. The van der Waals surface area contributed by atoms with Crippen molar-refractivity contribution in [3.05, 3.63) is 0 Å². The highest BCUT2D eigenvalue weighted by Crippen LogP contribution is 2.34. The Bertz CT molecular complexity index is 290. The molecule has 2 atom stereocenters. The molecule has 0 saturated heterocycles. The molecule has 1 amide bonds. The summed E-state index contributed by atoms with van der Waals surface area (Å²) in [5.41, 5.74) is 10.7. The summed E-state index contributed by atoms with van der Waals surface area (Å²) in [6, 6.07) is 0.457. The third-order valence-corrected chi connectivity index (χ3v) is 4.65. The maximum Gasteiger partial charge on any atom is 0.237 e. The molecule has 2 rings (SSSR count). The van der Waals surface area contributed by atoms with E-state index in [-0.39, 0.29) is 5.91 Å². The average molecular weight is 239 g/mol. The number of nitrogens with zero attached hydrogens (tertiary/aromatic N) is 1. The lowest BCUT2D eigenvalue weighted by Gasteiger charge is -2.35. The largest absolute Gasteiger partial charge is 0.368 e. The zero-order valence-corrected chi connectivity index (χ0v) is 10.8. The molecule has 0 bridgehead atoms. The first-order chi connectivity index (χ1) is 8.05. The van der Waals surface area contributed by atoms with Crippen molar-refractivity contribution in [3.63, 3.8) is 0 Å². The number of amides is 1. The number of nitrogens with two attached hydrogens (primary N) is 2. The Kier molecular flexibility index (Phi) is 3.73. The molecule has 4 N–H and O–H groups in total. The van der Waals surface area contributed by atoms with Gasteiger partial charge in [0.15, 0.2) is 0 Å². The van der Waals surface area contributed by atoms with Crippen LogP contribution in [0, 0.1) is 5.92 Å². The minimum absolute atomic E-state index is 0.334. The number of hydrogen-bond acceptors (Lipinski definition) is 3. The highest BCUT2D eigenvalue weighted by molar-refractivity contribution is 5.84. The van der Waals surface area contributed by atoms with E-state index in [2.05, 4.69) is 11.8 Å². The van der Waals surface area contributed by atoms with Crippen LogP contribution in [-0.4, -0.2) is 35.5 Å². The number of primary amides is 1. The maximum atomic E-state index is 11.3. The van der Waals surface area contributed by atoms with Gasteiger partial charge in [0.2, 0.25) is 5.91 Å². The van der Waals surface area contributed by atoms with Crippen molar-refractivity contribution in [2.45, 2.75) is 57.0 Å². The molecular formula is C13H25N3O. The number of rotatable bonds is 5. The Morgan fingerprint density at radius 1 is 1.41 bits per heavy atom. The first-order valence-electron chi connectivity index (χ1n) is 6.88. The Morgan fingerprint density at radius 3 is 2.53 bits per heavy atom. The van der Waals surface area contributed by atoms with Gasteiger partial charge in [0.05, 0.1) is 5.54 Å². The van der Waals surface area contributed by atoms with E-state index in [1.54, 1.807) is 0 Å². The molecule has 0 radical (unpaired) electrons. The van der Waals surface area contributed by atoms with Crippen LogP contribution in [0.15, 0.2) is 0 Å². The van der Waals surface area contributed by atoms with Crippen LogP contribution in [0.4, 0.5) is 0 Å². The molecule has 0 heterocycles. The van der Waals surface area contributed by atoms with E-state index in [4.69, 9.17) is 11.5 Å². The predicted octanol–water partition coefficient (Wildman–Crippen LogP) is 0.844. The van der Waals surface area contributed by atoms with Gasteiger partial charge < -0.3 is 16.4 Å². The molecular weight excluding hydrogens is 214 g/mol. The van der Waals surface area contributed by atoms with Gasteiger partial charge >= 0.3 is 0 Å². The van der Waals surface area contributed by atoms with Crippen molar-refractivity contribution >= 4 is 5.91 Å². The van der Waals surface area contributed by atoms with Crippen molar-refractivity contribution in [2.75, 3.05) is 13.1 Å². The van der Waals surface area contributed by atoms with Gasteiger partial charge in [-0.1, -0.05) is 13.3 Å². The Balaban J connectivity index is 1.90. The van der Waals surface area contributed by atoms with Crippen molar-refractivity contribution in [1.29, 1.82) is 0 Å². The molecule has 0 aliphatic heterocycles. The fourth-order valence-corrected chi connectivity index (χ4v) is 3.13. The maximum absolute atomic E-state index is 11.3. The van der Waals surface area contributed by atoms with E-state index in [1.807, 2.05) is 0 Å². The van der Waals surface area contributed by atoms with Crippen LogP contribution in [0.3, 0.4) is 0 Å². The quantitative estimate of drug-likeness (QED) is 0.747. The van der Waals surface area contributed by atoms with Gasteiger partial charge in [-0.3, -0.25) is 4.79 Å². The van der Waals surface area contributed by atoms with Gasteiger partial charge in [-0.25, -0.2) is 0 Å². The van der Waals surface area contributed by atoms with Gasteiger partial charge in [-0.05, 0) is 44.6 Å². The molecule has 98 valence electrons. The van der Waals surface area contributed by atoms with Crippen molar-refractivity contribution in [2.24, 2.45) is 17.4 Å². The molecule has 4 nitrogen and oxygen atoms in total. The molecule has 17 heavy (non-hydrogen) atoms. The lowest BCUT2D eigenvalue weighted by molar-refractivity contribution is -0.123. The van der Waals surface area contributed by atoms with Crippen LogP contribution < -0.4 is 11.5 Å². The van der Waals surface area contributed by atoms with E-state index < -0.39 is 5.54 Å². The molecule has 0 spiro atoms. The monoisotopic (exact) mass is 239 g/mol. The van der Waals surface area contributed by atoms with E-state index in [0.717, 1.165) is 31.7 Å². The summed E-state index contributed by atoms with van der Waals surface area (Å²) >= 11 is 0. The average Bonchev–Trinajstić information content (AvgIpc) is 2.61. The van der Waals surface area contributed by atoms with E-state index in [9.17, 15) is 4.79 Å². The predicted molar refractivity (Wildman–Crippen MR) is 68.3 cm³/mol. The summed E-state index contributed by atoms with van der Waals surface area (Å²) in [5.74, 6) is 0.538. The van der Waals surface area contributed by atoms with E-state index in [1.165, 1.54) is 25.8 Å². The van der Waals surface area contributed by atoms with Crippen LogP contribution in [0.1, 0.15) is 45.4 Å². The van der Waals surface area contributed by atoms with Gasteiger partial charge in [0.1, 0.15) is 0 Å². The minimum Gasteiger partial charge on any atom is -0.368 e. The molecule has 2 aliphatic carbocycles.